The maximum atomic E-state index is 11.5. The molecule has 1 aliphatic carbocycles. The van der Waals surface area contributed by atoms with Crippen molar-refractivity contribution in [3.05, 3.63) is 35.9 Å². The van der Waals surface area contributed by atoms with Crippen LogP contribution in [0.3, 0.4) is 0 Å². The van der Waals surface area contributed by atoms with Crippen LogP contribution < -0.4 is 5.32 Å². The first kappa shape index (κ1) is 10.8. The second-order valence-electron chi connectivity index (χ2n) is 4.91. The van der Waals surface area contributed by atoms with Crippen molar-refractivity contribution in [1.82, 2.24) is 5.32 Å². The summed E-state index contributed by atoms with van der Waals surface area (Å²) in [5.74, 6) is 0.0171. The van der Waals surface area contributed by atoms with E-state index in [1.54, 1.807) is 0 Å². The van der Waals surface area contributed by atoms with Crippen LogP contribution in [0.5, 0.6) is 0 Å². The molecule has 2 atom stereocenters. The highest BCUT2D eigenvalue weighted by Gasteiger charge is 2.46. The highest BCUT2D eigenvalue weighted by atomic mass is 16.5. The van der Waals surface area contributed by atoms with Crippen molar-refractivity contribution in [1.29, 1.82) is 0 Å². The number of morpholine rings is 1. The van der Waals surface area contributed by atoms with Gasteiger partial charge in [0, 0.05) is 0 Å². The first-order valence-corrected chi connectivity index (χ1v) is 6.30. The number of nitrogens with one attached hydrogen (secondary N) is 1. The van der Waals surface area contributed by atoms with E-state index < -0.39 is 0 Å². The van der Waals surface area contributed by atoms with E-state index in [4.69, 9.17) is 4.74 Å². The number of carbonyl (C=O) groups excluding carboxylic acids is 1. The minimum Gasteiger partial charge on any atom is -0.358 e. The van der Waals surface area contributed by atoms with Crippen LogP contribution in [0.25, 0.3) is 0 Å². The van der Waals surface area contributed by atoms with Gasteiger partial charge in [0.05, 0.1) is 6.04 Å². The largest absolute Gasteiger partial charge is 0.358 e. The molecule has 3 nitrogen and oxygen atoms in total. The molecule has 3 heteroatoms. The van der Waals surface area contributed by atoms with Gasteiger partial charge in [-0.2, -0.15) is 0 Å². The topological polar surface area (TPSA) is 38.3 Å². The summed E-state index contributed by atoms with van der Waals surface area (Å²) in [6.45, 7) is 0.186. The number of amides is 1. The van der Waals surface area contributed by atoms with E-state index in [-0.39, 0.29) is 24.2 Å². The third-order valence-electron chi connectivity index (χ3n) is 3.91. The van der Waals surface area contributed by atoms with E-state index in [1.807, 2.05) is 18.2 Å². The van der Waals surface area contributed by atoms with Crippen LogP contribution in [0.2, 0.25) is 0 Å². The van der Waals surface area contributed by atoms with E-state index in [9.17, 15) is 4.79 Å². The zero-order valence-corrected chi connectivity index (χ0v) is 9.82. The predicted octanol–water partition coefficient (Wildman–Crippen LogP) is 1.97. The summed E-state index contributed by atoms with van der Waals surface area (Å²) in [6, 6.07) is 10.4. The summed E-state index contributed by atoms with van der Waals surface area (Å²) in [4.78, 5) is 11.5. The molecule has 1 aromatic rings. The van der Waals surface area contributed by atoms with Crippen LogP contribution in [0, 0.1) is 0 Å². The van der Waals surface area contributed by atoms with Gasteiger partial charge in [-0.15, -0.1) is 0 Å². The fourth-order valence-corrected chi connectivity index (χ4v) is 3.08. The molecule has 3 rings (SSSR count). The monoisotopic (exact) mass is 231 g/mol. The quantitative estimate of drug-likeness (QED) is 0.802. The van der Waals surface area contributed by atoms with E-state index in [2.05, 4.69) is 17.4 Å². The highest BCUT2D eigenvalue weighted by Crippen LogP contribution is 2.42. The fraction of sp³-hybridized carbons (Fsp3) is 0.500. The van der Waals surface area contributed by atoms with Crippen molar-refractivity contribution in [2.45, 2.75) is 37.3 Å². The molecule has 0 radical (unpaired) electrons. The number of hydrogen-bond donors (Lipinski definition) is 1. The average Bonchev–Trinajstić information content (AvgIpc) is 2.40. The first-order valence-electron chi connectivity index (χ1n) is 6.30. The second-order valence-corrected chi connectivity index (χ2v) is 4.91. The van der Waals surface area contributed by atoms with Gasteiger partial charge in [-0.25, -0.2) is 0 Å². The van der Waals surface area contributed by atoms with Gasteiger partial charge in [-0.3, -0.25) is 4.79 Å². The molecular formula is C14H17NO2. The second kappa shape index (κ2) is 4.15. The molecule has 0 bridgehead atoms. The molecule has 90 valence electrons. The lowest BCUT2D eigenvalue weighted by Gasteiger charge is -2.47. The third-order valence-corrected chi connectivity index (χ3v) is 3.91. The molecule has 1 N–H and O–H groups in total. The normalized spacial score (nSPS) is 32.7. The van der Waals surface area contributed by atoms with Crippen LogP contribution in [0.15, 0.2) is 30.3 Å². The molecule has 1 aliphatic heterocycles. The molecular weight excluding hydrogens is 214 g/mol. The minimum absolute atomic E-state index is 0.0171. The van der Waals surface area contributed by atoms with Gasteiger partial charge in [0.25, 0.3) is 0 Å². The summed E-state index contributed by atoms with van der Waals surface area (Å²) in [7, 11) is 0. The Hall–Kier alpha value is -1.35. The van der Waals surface area contributed by atoms with Crippen molar-refractivity contribution < 1.29 is 9.53 Å². The maximum Gasteiger partial charge on any atom is 0.246 e. The van der Waals surface area contributed by atoms with E-state index in [0.717, 1.165) is 12.8 Å². The first-order chi connectivity index (χ1) is 8.31. The molecule has 1 amide bonds. The lowest BCUT2D eigenvalue weighted by Crippen LogP contribution is -2.59. The van der Waals surface area contributed by atoms with Crippen molar-refractivity contribution in [2.75, 3.05) is 6.61 Å². The smallest absolute Gasteiger partial charge is 0.246 e. The van der Waals surface area contributed by atoms with Gasteiger partial charge in [-0.1, -0.05) is 43.2 Å². The van der Waals surface area contributed by atoms with Gasteiger partial charge >= 0.3 is 0 Å². The number of ether oxygens (including phenoxy) is 1. The van der Waals surface area contributed by atoms with Crippen LogP contribution >= 0.6 is 0 Å². The van der Waals surface area contributed by atoms with Crippen molar-refractivity contribution in [2.24, 2.45) is 0 Å². The summed E-state index contributed by atoms with van der Waals surface area (Å²) in [5, 5.41) is 3.09. The number of carbonyl (C=O) groups is 1. The summed E-state index contributed by atoms with van der Waals surface area (Å²) in [5.41, 5.74) is 0.914. The molecule has 1 saturated carbocycles. The Morgan fingerprint density at radius 1 is 1.24 bits per heavy atom. The highest BCUT2D eigenvalue weighted by molar-refractivity contribution is 5.78. The van der Waals surface area contributed by atoms with Gasteiger partial charge < -0.3 is 10.1 Å². The molecule has 1 aromatic carbocycles. The summed E-state index contributed by atoms with van der Waals surface area (Å²) < 4.78 is 5.96. The van der Waals surface area contributed by atoms with E-state index >= 15 is 0 Å². The minimum atomic E-state index is -0.284. The standard InChI is InChI=1S/C14H17NO2/c16-13-10-17-14(11-6-2-1-3-7-11)9-5-4-8-12(14)15-13/h1-3,6-7,12H,4-5,8-10H2,(H,15,16)/t12-,14-/m1/s1. The third kappa shape index (κ3) is 1.75. The van der Waals surface area contributed by atoms with Crippen molar-refractivity contribution in [3.63, 3.8) is 0 Å². The summed E-state index contributed by atoms with van der Waals surface area (Å²) >= 11 is 0. The van der Waals surface area contributed by atoms with Crippen molar-refractivity contribution >= 4 is 5.91 Å². The molecule has 1 heterocycles. The van der Waals surface area contributed by atoms with Crippen LogP contribution in [-0.4, -0.2) is 18.6 Å². The zero-order chi connectivity index (χ0) is 11.7. The van der Waals surface area contributed by atoms with E-state index in [1.165, 1.54) is 18.4 Å². The summed E-state index contributed by atoms with van der Waals surface area (Å²) in [6.07, 6.45) is 4.35. The van der Waals surface area contributed by atoms with Crippen molar-refractivity contribution in [3.8, 4) is 0 Å². The SMILES string of the molecule is O=C1CO[C@@]2(c3ccccc3)CCCC[C@H]2N1. The Kier molecular flexibility index (Phi) is 2.63. The predicted molar refractivity (Wildman–Crippen MR) is 64.5 cm³/mol. The van der Waals surface area contributed by atoms with Crippen LogP contribution in [0.1, 0.15) is 31.2 Å². The Bertz CT molecular complexity index is 417. The molecule has 2 aliphatic rings. The number of fused-ring (bicyclic) bond motifs is 1. The maximum absolute atomic E-state index is 11.5. The number of rotatable bonds is 1. The Morgan fingerprint density at radius 2 is 2.06 bits per heavy atom. The van der Waals surface area contributed by atoms with Crippen LogP contribution in [0.4, 0.5) is 0 Å². The molecule has 2 fully saturated rings. The molecule has 17 heavy (non-hydrogen) atoms. The lowest BCUT2D eigenvalue weighted by atomic mass is 9.74. The Morgan fingerprint density at radius 3 is 2.88 bits per heavy atom. The van der Waals surface area contributed by atoms with Gasteiger partial charge in [-0.05, 0) is 18.4 Å². The van der Waals surface area contributed by atoms with Gasteiger partial charge in [0.15, 0.2) is 0 Å². The van der Waals surface area contributed by atoms with Crippen LogP contribution in [-0.2, 0) is 15.1 Å². The van der Waals surface area contributed by atoms with E-state index in [0.29, 0.717) is 0 Å². The molecule has 0 unspecified atom stereocenters. The zero-order valence-electron chi connectivity index (χ0n) is 9.82. The fourth-order valence-electron chi connectivity index (χ4n) is 3.08. The number of benzene rings is 1. The average molecular weight is 231 g/mol. The number of hydrogen-bond acceptors (Lipinski definition) is 2. The lowest BCUT2D eigenvalue weighted by molar-refractivity contribution is -0.160. The molecule has 0 aromatic heterocycles. The molecule has 0 spiro atoms. The van der Waals surface area contributed by atoms with Gasteiger partial charge in [0.1, 0.15) is 12.2 Å². The Labute approximate surface area is 101 Å². The van der Waals surface area contributed by atoms with Gasteiger partial charge in [0.2, 0.25) is 5.91 Å². The molecule has 1 saturated heterocycles. The Balaban J connectivity index is 1.99.